The molecule has 0 unspecified atom stereocenters. The molecule has 2 aromatic heterocycles. The zero-order chi connectivity index (χ0) is 22.6. The van der Waals surface area contributed by atoms with Crippen LogP contribution in [-0.4, -0.2) is 25.4 Å². The highest BCUT2D eigenvalue weighted by Gasteiger charge is 2.13. The number of carbonyl (C=O) groups excluding carboxylic acids is 1. The van der Waals surface area contributed by atoms with E-state index in [1.807, 2.05) is 65.2 Å². The van der Waals surface area contributed by atoms with E-state index in [0.717, 1.165) is 22.3 Å². The summed E-state index contributed by atoms with van der Waals surface area (Å²) in [7, 11) is 0. The van der Waals surface area contributed by atoms with Gasteiger partial charge in [0.05, 0.1) is 23.4 Å². The van der Waals surface area contributed by atoms with E-state index in [2.05, 4.69) is 39.7 Å². The molecule has 5 aromatic rings. The summed E-state index contributed by atoms with van der Waals surface area (Å²) in [5, 5.41) is 6.31. The van der Waals surface area contributed by atoms with Crippen molar-refractivity contribution >= 4 is 28.4 Å². The van der Waals surface area contributed by atoms with Gasteiger partial charge in [-0.3, -0.25) is 14.3 Å². The molecule has 0 saturated carbocycles. The molecule has 162 valence electrons. The molecule has 0 radical (unpaired) electrons. The van der Waals surface area contributed by atoms with Gasteiger partial charge >= 0.3 is 0 Å². The number of benzene rings is 3. The van der Waals surface area contributed by atoms with Crippen molar-refractivity contribution in [2.24, 2.45) is 0 Å². The lowest BCUT2D eigenvalue weighted by Gasteiger charge is -2.15. The van der Waals surface area contributed by atoms with Crippen molar-refractivity contribution < 1.29 is 4.79 Å². The summed E-state index contributed by atoms with van der Waals surface area (Å²) in [6, 6.07) is 25.0. The number of rotatable bonds is 6. The van der Waals surface area contributed by atoms with Crippen LogP contribution in [0, 0.1) is 0 Å². The fraction of sp³-hybridized carbons (Fsp3) is 0.0769. The molecule has 0 aliphatic heterocycles. The zero-order valence-electron chi connectivity index (χ0n) is 18.0. The number of aromatic nitrogens is 4. The number of nitrogens with zero attached hydrogens (tertiary/aromatic N) is 4. The summed E-state index contributed by atoms with van der Waals surface area (Å²) in [5.74, 6) is 1.08. The number of carbonyl (C=O) groups is 1. The SMILES string of the molecule is C[C@H](Nc1cncc(-n2cnc3ccc(C(=O)Nc4ccccc4)cc32)n1)c1ccccc1. The van der Waals surface area contributed by atoms with Crippen molar-refractivity contribution in [2.45, 2.75) is 13.0 Å². The van der Waals surface area contributed by atoms with E-state index < -0.39 is 0 Å². The lowest BCUT2D eigenvalue weighted by molar-refractivity contribution is 0.102. The van der Waals surface area contributed by atoms with Crippen LogP contribution < -0.4 is 10.6 Å². The molecule has 1 atom stereocenters. The summed E-state index contributed by atoms with van der Waals surface area (Å²) in [6.07, 6.45) is 5.06. The molecule has 1 amide bonds. The van der Waals surface area contributed by atoms with Crippen molar-refractivity contribution in [1.82, 2.24) is 19.5 Å². The van der Waals surface area contributed by atoms with Crippen molar-refractivity contribution in [3.8, 4) is 5.82 Å². The van der Waals surface area contributed by atoms with Crippen LogP contribution in [0.4, 0.5) is 11.5 Å². The highest BCUT2D eigenvalue weighted by atomic mass is 16.1. The van der Waals surface area contributed by atoms with Gasteiger partial charge < -0.3 is 10.6 Å². The van der Waals surface area contributed by atoms with Crippen LogP contribution in [0.25, 0.3) is 16.9 Å². The van der Waals surface area contributed by atoms with Crippen LogP contribution in [-0.2, 0) is 0 Å². The Bertz CT molecular complexity index is 1400. The predicted molar refractivity (Wildman–Crippen MR) is 130 cm³/mol. The summed E-state index contributed by atoms with van der Waals surface area (Å²) in [4.78, 5) is 26.3. The first kappa shape index (κ1) is 20.4. The molecule has 2 N–H and O–H groups in total. The first-order chi connectivity index (χ1) is 16.2. The van der Waals surface area contributed by atoms with E-state index in [0.29, 0.717) is 17.2 Å². The maximum atomic E-state index is 12.8. The van der Waals surface area contributed by atoms with Crippen molar-refractivity contribution in [3.63, 3.8) is 0 Å². The van der Waals surface area contributed by atoms with Gasteiger partial charge in [0.1, 0.15) is 12.1 Å². The molecule has 2 heterocycles. The van der Waals surface area contributed by atoms with Gasteiger partial charge in [-0.15, -0.1) is 0 Å². The maximum absolute atomic E-state index is 12.8. The number of fused-ring (bicyclic) bond motifs is 1. The van der Waals surface area contributed by atoms with E-state index in [-0.39, 0.29) is 11.9 Å². The zero-order valence-corrected chi connectivity index (χ0v) is 18.0. The Morgan fingerprint density at radius 3 is 2.48 bits per heavy atom. The average molecular weight is 435 g/mol. The van der Waals surface area contributed by atoms with Crippen molar-refractivity contribution in [2.75, 3.05) is 10.6 Å². The molecule has 0 fully saturated rings. The number of nitrogens with one attached hydrogen (secondary N) is 2. The molecule has 0 saturated heterocycles. The summed E-state index contributed by atoms with van der Waals surface area (Å²) >= 11 is 0. The monoisotopic (exact) mass is 434 g/mol. The number of hydrogen-bond donors (Lipinski definition) is 2. The van der Waals surface area contributed by atoms with E-state index in [9.17, 15) is 4.79 Å². The highest BCUT2D eigenvalue weighted by molar-refractivity contribution is 6.06. The van der Waals surface area contributed by atoms with Crippen molar-refractivity contribution in [1.29, 1.82) is 0 Å². The smallest absolute Gasteiger partial charge is 0.255 e. The summed E-state index contributed by atoms with van der Waals surface area (Å²) in [6.45, 7) is 2.08. The highest BCUT2D eigenvalue weighted by Crippen LogP contribution is 2.22. The van der Waals surface area contributed by atoms with E-state index in [4.69, 9.17) is 4.98 Å². The Balaban J connectivity index is 1.42. The van der Waals surface area contributed by atoms with Gasteiger partial charge in [-0.05, 0) is 42.8 Å². The molecule has 3 aromatic carbocycles. The Morgan fingerprint density at radius 1 is 0.939 bits per heavy atom. The fourth-order valence-electron chi connectivity index (χ4n) is 3.64. The van der Waals surface area contributed by atoms with Gasteiger partial charge in [0, 0.05) is 17.3 Å². The minimum Gasteiger partial charge on any atom is -0.362 e. The molecule has 33 heavy (non-hydrogen) atoms. The number of anilines is 2. The number of hydrogen-bond acceptors (Lipinski definition) is 5. The van der Waals surface area contributed by atoms with Crippen LogP contribution in [0.5, 0.6) is 0 Å². The Kier molecular flexibility index (Phi) is 5.51. The van der Waals surface area contributed by atoms with Gasteiger partial charge in [-0.2, -0.15) is 0 Å². The molecule has 0 aliphatic rings. The minimum atomic E-state index is -0.186. The first-order valence-electron chi connectivity index (χ1n) is 10.6. The standard InChI is InChI=1S/C26H22N6O/c1-18(19-8-4-2-5-9-19)29-24-15-27-16-25(31-24)32-17-28-22-13-12-20(14-23(22)32)26(33)30-21-10-6-3-7-11-21/h2-18H,1H3,(H,29,31)(H,30,33)/t18-/m0/s1. The predicted octanol–water partition coefficient (Wildman–Crippen LogP) is 5.24. The lowest BCUT2D eigenvalue weighted by atomic mass is 10.1. The van der Waals surface area contributed by atoms with E-state index >= 15 is 0 Å². The van der Waals surface area contributed by atoms with Crippen LogP contribution in [0.15, 0.2) is 97.6 Å². The van der Waals surface area contributed by atoms with Crippen LogP contribution in [0.3, 0.4) is 0 Å². The first-order valence-corrected chi connectivity index (χ1v) is 10.6. The van der Waals surface area contributed by atoms with Crippen LogP contribution >= 0.6 is 0 Å². The van der Waals surface area contributed by atoms with E-state index in [1.54, 1.807) is 24.8 Å². The molecule has 7 nitrogen and oxygen atoms in total. The second-order valence-electron chi connectivity index (χ2n) is 7.68. The Labute approximate surface area is 191 Å². The largest absolute Gasteiger partial charge is 0.362 e. The van der Waals surface area contributed by atoms with Gasteiger partial charge in [0.25, 0.3) is 5.91 Å². The van der Waals surface area contributed by atoms with Gasteiger partial charge in [-0.1, -0.05) is 48.5 Å². The normalized spacial score (nSPS) is 11.8. The second-order valence-corrected chi connectivity index (χ2v) is 7.68. The quantitative estimate of drug-likeness (QED) is 0.382. The topological polar surface area (TPSA) is 84.7 Å². The third-order valence-corrected chi connectivity index (χ3v) is 5.37. The molecular formula is C26H22N6O. The fourth-order valence-corrected chi connectivity index (χ4v) is 3.64. The number of amides is 1. The molecule has 7 heteroatoms. The van der Waals surface area contributed by atoms with Crippen LogP contribution in [0.1, 0.15) is 28.9 Å². The molecular weight excluding hydrogens is 412 g/mol. The summed E-state index contributed by atoms with van der Waals surface area (Å²) in [5.41, 5.74) is 3.98. The average Bonchev–Trinajstić information content (AvgIpc) is 3.29. The minimum absolute atomic E-state index is 0.0727. The number of para-hydroxylation sites is 1. The third-order valence-electron chi connectivity index (χ3n) is 5.37. The van der Waals surface area contributed by atoms with E-state index in [1.165, 1.54) is 0 Å². The molecule has 5 rings (SSSR count). The maximum Gasteiger partial charge on any atom is 0.255 e. The number of imidazole rings is 1. The van der Waals surface area contributed by atoms with Gasteiger partial charge in [-0.25, -0.2) is 9.97 Å². The Hall–Kier alpha value is -4.52. The summed E-state index contributed by atoms with van der Waals surface area (Å²) < 4.78 is 1.83. The second kappa shape index (κ2) is 8.92. The van der Waals surface area contributed by atoms with Gasteiger partial charge in [0.2, 0.25) is 0 Å². The lowest BCUT2D eigenvalue weighted by Crippen LogP contribution is -2.12. The van der Waals surface area contributed by atoms with Crippen LogP contribution in [0.2, 0.25) is 0 Å². The molecule has 0 aliphatic carbocycles. The molecule has 0 spiro atoms. The van der Waals surface area contributed by atoms with Crippen molar-refractivity contribution in [3.05, 3.63) is 109 Å². The third kappa shape index (κ3) is 4.43. The van der Waals surface area contributed by atoms with Gasteiger partial charge in [0.15, 0.2) is 5.82 Å². The molecule has 0 bridgehead atoms. The Morgan fingerprint density at radius 2 is 1.70 bits per heavy atom.